The van der Waals surface area contributed by atoms with E-state index in [9.17, 15) is 9.59 Å². The number of nitrogen functional groups attached to an aromatic ring is 1. The highest BCUT2D eigenvalue weighted by molar-refractivity contribution is 6.07. The van der Waals surface area contributed by atoms with Gasteiger partial charge in [-0.2, -0.15) is 0 Å². The van der Waals surface area contributed by atoms with Gasteiger partial charge in [-0.25, -0.2) is 0 Å². The summed E-state index contributed by atoms with van der Waals surface area (Å²) in [5.74, 6) is 0.864. The predicted octanol–water partition coefficient (Wildman–Crippen LogP) is 2.11. The number of rotatable bonds is 10. The highest BCUT2D eigenvalue weighted by atomic mass is 16.5. The fraction of sp³-hybridized carbons (Fsp3) is 0.440. The van der Waals surface area contributed by atoms with Crippen molar-refractivity contribution in [3.8, 4) is 11.5 Å². The average Bonchev–Trinajstić information content (AvgIpc) is 2.86. The molecule has 1 saturated heterocycles. The number of carbonyl (C=O) groups is 2. The monoisotopic (exact) mass is 470 g/mol. The third-order valence-corrected chi connectivity index (χ3v) is 5.78. The number of amides is 2. The van der Waals surface area contributed by atoms with Crippen molar-refractivity contribution < 1.29 is 23.8 Å². The van der Waals surface area contributed by atoms with Gasteiger partial charge >= 0.3 is 0 Å². The Morgan fingerprint density at radius 2 is 1.76 bits per heavy atom. The minimum Gasteiger partial charge on any atom is -0.495 e. The number of anilines is 2. The van der Waals surface area contributed by atoms with Crippen LogP contribution in [0, 0.1) is 0 Å². The summed E-state index contributed by atoms with van der Waals surface area (Å²) in [4.78, 5) is 30.8. The molecule has 2 amide bonds. The van der Waals surface area contributed by atoms with E-state index in [-0.39, 0.29) is 18.4 Å². The topological polar surface area (TPSA) is 97.6 Å². The number of nitrogens with two attached hydrogens (primary N) is 1. The highest BCUT2D eigenvalue weighted by Crippen LogP contribution is 2.30. The first kappa shape index (κ1) is 25.3. The van der Waals surface area contributed by atoms with Crippen LogP contribution in [-0.4, -0.2) is 88.8 Å². The third-order valence-electron chi connectivity index (χ3n) is 5.78. The Labute approximate surface area is 201 Å². The first-order chi connectivity index (χ1) is 16.4. The van der Waals surface area contributed by atoms with Gasteiger partial charge in [0.05, 0.1) is 31.7 Å². The maximum Gasteiger partial charge on any atom is 0.258 e. The van der Waals surface area contributed by atoms with E-state index in [1.54, 1.807) is 25.2 Å². The van der Waals surface area contributed by atoms with E-state index in [0.717, 1.165) is 26.2 Å². The van der Waals surface area contributed by atoms with Crippen LogP contribution in [0.25, 0.3) is 0 Å². The van der Waals surface area contributed by atoms with E-state index < -0.39 is 0 Å². The van der Waals surface area contributed by atoms with Crippen LogP contribution in [0.1, 0.15) is 16.8 Å². The average molecular weight is 471 g/mol. The number of nitrogens with zero attached hydrogens (tertiary/aromatic N) is 3. The molecule has 2 N–H and O–H groups in total. The number of hydrogen-bond acceptors (Lipinski definition) is 7. The first-order valence-corrected chi connectivity index (χ1v) is 11.4. The molecular formula is C25H34N4O5. The molecule has 0 spiro atoms. The lowest BCUT2D eigenvalue weighted by molar-refractivity contribution is -0.137. The van der Waals surface area contributed by atoms with Crippen molar-refractivity contribution >= 4 is 23.2 Å². The number of benzene rings is 2. The molecule has 0 aliphatic carbocycles. The largest absolute Gasteiger partial charge is 0.495 e. The molecule has 9 heteroatoms. The molecule has 1 aliphatic heterocycles. The van der Waals surface area contributed by atoms with Crippen molar-refractivity contribution in [3.05, 3.63) is 48.0 Å². The summed E-state index contributed by atoms with van der Waals surface area (Å²) < 4.78 is 16.7. The van der Waals surface area contributed by atoms with E-state index in [4.69, 9.17) is 19.9 Å². The summed E-state index contributed by atoms with van der Waals surface area (Å²) in [6, 6.07) is 12.3. The van der Waals surface area contributed by atoms with Crippen molar-refractivity contribution in [1.29, 1.82) is 0 Å². The van der Waals surface area contributed by atoms with Crippen LogP contribution >= 0.6 is 0 Å². The van der Waals surface area contributed by atoms with Crippen molar-refractivity contribution in [2.45, 2.75) is 6.42 Å². The summed E-state index contributed by atoms with van der Waals surface area (Å²) >= 11 is 0. The molecule has 34 heavy (non-hydrogen) atoms. The molecule has 0 aromatic heterocycles. The van der Waals surface area contributed by atoms with Gasteiger partial charge in [0.1, 0.15) is 18.1 Å². The molecule has 0 radical (unpaired) electrons. The number of carbonyl (C=O) groups excluding carboxylic acids is 2. The van der Waals surface area contributed by atoms with Gasteiger partial charge in [-0.3, -0.25) is 9.59 Å². The Kier molecular flexibility index (Phi) is 9.12. The van der Waals surface area contributed by atoms with E-state index in [2.05, 4.69) is 11.9 Å². The summed E-state index contributed by atoms with van der Waals surface area (Å²) in [5, 5.41) is 0. The number of hydrogen-bond donors (Lipinski definition) is 1. The van der Waals surface area contributed by atoms with Crippen LogP contribution < -0.4 is 20.1 Å². The standard InChI is InChI=1S/C25H34N4O5/c1-27-11-13-29(14-12-27)24(30)18-33-15-6-16-34-22-8-5-4-7-21(22)28(2)25(31)19-9-10-20(26)23(17-19)32-3/h4-5,7-10,17H,6,11-16,18,26H2,1-3H3. The van der Waals surface area contributed by atoms with Crippen LogP contribution in [0.4, 0.5) is 11.4 Å². The molecule has 184 valence electrons. The smallest absolute Gasteiger partial charge is 0.258 e. The molecule has 2 aromatic rings. The number of methoxy groups -OCH3 is 1. The van der Waals surface area contributed by atoms with E-state index in [1.807, 2.05) is 29.2 Å². The molecule has 0 bridgehead atoms. The summed E-state index contributed by atoms with van der Waals surface area (Å²) in [6.45, 7) is 4.17. The zero-order chi connectivity index (χ0) is 24.5. The second-order valence-electron chi connectivity index (χ2n) is 8.23. The lowest BCUT2D eigenvalue weighted by atomic mass is 10.1. The number of piperazine rings is 1. The maximum absolute atomic E-state index is 13.0. The van der Waals surface area contributed by atoms with Gasteiger partial charge in [0.15, 0.2) is 0 Å². The van der Waals surface area contributed by atoms with Crippen molar-refractivity contribution in [3.63, 3.8) is 0 Å². The van der Waals surface area contributed by atoms with Gasteiger partial charge in [-0.05, 0) is 37.4 Å². The molecular weight excluding hydrogens is 436 g/mol. The molecule has 0 atom stereocenters. The fourth-order valence-electron chi connectivity index (χ4n) is 3.65. The minimum atomic E-state index is -0.208. The summed E-state index contributed by atoms with van der Waals surface area (Å²) in [6.07, 6.45) is 0.622. The third kappa shape index (κ3) is 6.61. The Morgan fingerprint density at radius 1 is 1.03 bits per heavy atom. The zero-order valence-electron chi connectivity index (χ0n) is 20.2. The van der Waals surface area contributed by atoms with Crippen LogP contribution in [0.3, 0.4) is 0 Å². The number of likely N-dealkylation sites (N-methyl/N-ethyl adjacent to an activating group) is 1. The van der Waals surface area contributed by atoms with E-state index >= 15 is 0 Å². The van der Waals surface area contributed by atoms with Crippen molar-refractivity contribution in [2.75, 3.05) is 77.8 Å². The van der Waals surface area contributed by atoms with Crippen LogP contribution in [-0.2, 0) is 9.53 Å². The normalized spacial score (nSPS) is 14.0. The quantitative estimate of drug-likeness (QED) is 0.420. The second kappa shape index (κ2) is 12.2. The van der Waals surface area contributed by atoms with E-state index in [0.29, 0.717) is 48.1 Å². The molecule has 1 heterocycles. The SMILES string of the molecule is COc1cc(C(=O)N(C)c2ccccc2OCCCOCC(=O)N2CCN(C)CC2)ccc1N. The Bertz CT molecular complexity index is 976. The molecule has 0 saturated carbocycles. The predicted molar refractivity (Wildman–Crippen MR) is 132 cm³/mol. The van der Waals surface area contributed by atoms with Gasteiger partial charge in [0.25, 0.3) is 5.91 Å². The Morgan fingerprint density at radius 3 is 2.50 bits per heavy atom. The van der Waals surface area contributed by atoms with Crippen LogP contribution in [0.5, 0.6) is 11.5 Å². The second-order valence-corrected chi connectivity index (χ2v) is 8.23. The van der Waals surface area contributed by atoms with Gasteiger partial charge in [0.2, 0.25) is 5.91 Å². The van der Waals surface area contributed by atoms with Gasteiger partial charge in [-0.15, -0.1) is 0 Å². The zero-order valence-corrected chi connectivity index (χ0v) is 20.2. The fourth-order valence-corrected chi connectivity index (χ4v) is 3.65. The van der Waals surface area contributed by atoms with Gasteiger partial charge in [0, 0.05) is 45.2 Å². The summed E-state index contributed by atoms with van der Waals surface area (Å²) in [7, 11) is 5.26. The van der Waals surface area contributed by atoms with Gasteiger partial charge < -0.3 is 34.6 Å². The van der Waals surface area contributed by atoms with Crippen molar-refractivity contribution in [2.24, 2.45) is 0 Å². The lowest BCUT2D eigenvalue weighted by Crippen LogP contribution is -2.48. The molecule has 2 aromatic carbocycles. The van der Waals surface area contributed by atoms with Crippen LogP contribution in [0.15, 0.2) is 42.5 Å². The number of ether oxygens (including phenoxy) is 3. The van der Waals surface area contributed by atoms with Crippen molar-refractivity contribution in [1.82, 2.24) is 9.80 Å². The molecule has 3 rings (SSSR count). The molecule has 9 nitrogen and oxygen atoms in total. The molecule has 0 unspecified atom stereocenters. The first-order valence-electron chi connectivity index (χ1n) is 11.4. The lowest BCUT2D eigenvalue weighted by Gasteiger charge is -2.32. The summed E-state index contributed by atoms with van der Waals surface area (Å²) in [5.41, 5.74) is 7.44. The van der Waals surface area contributed by atoms with Gasteiger partial charge in [-0.1, -0.05) is 12.1 Å². The molecule has 1 aliphatic rings. The Balaban J connectivity index is 1.47. The number of para-hydroxylation sites is 2. The van der Waals surface area contributed by atoms with Crippen LogP contribution in [0.2, 0.25) is 0 Å². The maximum atomic E-state index is 13.0. The Hall–Kier alpha value is -3.30. The minimum absolute atomic E-state index is 0.0267. The highest BCUT2D eigenvalue weighted by Gasteiger charge is 2.20. The molecule has 1 fully saturated rings. The van der Waals surface area contributed by atoms with E-state index in [1.165, 1.54) is 12.0 Å².